The van der Waals surface area contributed by atoms with E-state index < -0.39 is 0 Å². The fraction of sp³-hybridized carbons (Fsp3) is 0.842. The first-order valence-electron chi connectivity index (χ1n) is 8.71. The van der Waals surface area contributed by atoms with Crippen molar-refractivity contribution in [3.63, 3.8) is 0 Å². The van der Waals surface area contributed by atoms with Crippen LogP contribution < -0.4 is 0 Å². The summed E-state index contributed by atoms with van der Waals surface area (Å²) in [6.07, 6.45) is 17.3. The molecule has 2 atom stereocenters. The highest BCUT2D eigenvalue weighted by molar-refractivity contribution is 5.06. The van der Waals surface area contributed by atoms with Crippen LogP contribution in [0.15, 0.2) is 17.4 Å². The Morgan fingerprint density at radius 3 is 2.79 bits per heavy atom. The molecule has 0 radical (unpaired) electrons. The molecule has 2 unspecified atom stereocenters. The molecule has 0 heterocycles. The van der Waals surface area contributed by atoms with Crippen LogP contribution in [0.25, 0.3) is 0 Å². The lowest BCUT2D eigenvalue weighted by Gasteiger charge is -2.16. The highest BCUT2D eigenvalue weighted by atomic mass is 14.2. The zero-order chi connectivity index (χ0) is 13.9. The molecular weight excluding hydrogens is 228 g/mol. The average molecular weight is 262 g/mol. The van der Waals surface area contributed by atoms with E-state index in [0.29, 0.717) is 0 Å². The molecule has 0 aromatic heterocycles. The van der Waals surface area contributed by atoms with E-state index in [1.165, 1.54) is 70.6 Å². The van der Waals surface area contributed by atoms with Crippen molar-refractivity contribution in [1.82, 2.24) is 0 Å². The van der Waals surface area contributed by atoms with Crippen molar-refractivity contribution >= 4 is 0 Å². The predicted octanol–water partition coefficient (Wildman–Crippen LogP) is 6.66. The van der Waals surface area contributed by atoms with Crippen LogP contribution >= 0.6 is 0 Å². The zero-order valence-corrected chi connectivity index (χ0v) is 13.5. The molecule has 0 N–H and O–H groups in total. The van der Waals surface area contributed by atoms with Gasteiger partial charge in [0, 0.05) is 0 Å². The van der Waals surface area contributed by atoms with Crippen LogP contribution in [0.2, 0.25) is 0 Å². The fourth-order valence-corrected chi connectivity index (χ4v) is 3.28. The van der Waals surface area contributed by atoms with E-state index in [1.54, 1.807) is 5.57 Å². The number of allylic oxidation sites excluding steroid dienone is 1. The molecule has 0 fully saturated rings. The van der Waals surface area contributed by atoms with Crippen LogP contribution in [0, 0.1) is 11.8 Å². The van der Waals surface area contributed by atoms with Crippen molar-refractivity contribution in [2.45, 2.75) is 91.4 Å². The lowest BCUT2D eigenvalue weighted by Crippen LogP contribution is -2.02. The van der Waals surface area contributed by atoms with Crippen LogP contribution in [0.5, 0.6) is 0 Å². The predicted molar refractivity (Wildman–Crippen MR) is 86.4 cm³/mol. The Hall–Kier alpha value is -0.480. The summed E-state index contributed by atoms with van der Waals surface area (Å²) >= 11 is 0. The lowest BCUT2D eigenvalue weighted by atomic mass is 9.89. The molecule has 0 spiro atoms. The van der Waals surface area contributed by atoms with Gasteiger partial charge >= 0.3 is 0 Å². The van der Waals surface area contributed by atoms with E-state index in [0.717, 1.165) is 11.8 Å². The summed E-state index contributed by atoms with van der Waals surface area (Å²) < 4.78 is 0. The molecule has 0 bridgehead atoms. The number of unbranched alkanes of at least 4 members (excludes halogenated alkanes) is 2. The molecule has 1 aliphatic carbocycles. The molecule has 1 aliphatic rings. The first-order valence-corrected chi connectivity index (χ1v) is 8.71. The molecule has 0 amide bonds. The average Bonchev–Trinajstić information content (AvgIpc) is 2.51. The van der Waals surface area contributed by atoms with Gasteiger partial charge in [-0.15, -0.1) is 5.73 Å². The second-order valence-electron chi connectivity index (χ2n) is 6.39. The molecule has 0 saturated carbocycles. The molecule has 1 rings (SSSR count). The number of hydrogen-bond acceptors (Lipinski definition) is 0. The van der Waals surface area contributed by atoms with Gasteiger partial charge in [-0.2, -0.15) is 0 Å². The summed E-state index contributed by atoms with van der Waals surface area (Å²) in [5.74, 6) is 1.73. The van der Waals surface area contributed by atoms with E-state index in [-0.39, 0.29) is 0 Å². The second-order valence-corrected chi connectivity index (χ2v) is 6.39. The minimum Gasteiger partial charge on any atom is -0.126 e. The van der Waals surface area contributed by atoms with Crippen molar-refractivity contribution < 1.29 is 0 Å². The van der Waals surface area contributed by atoms with Crippen LogP contribution in [0.4, 0.5) is 0 Å². The molecule has 0 aromatic carbocycles. The third-order valence-electron chi connectivity index (χ3n) is 4.60. The van der Waals surface area contributed by atoms with Crippen molar-refractivity contribution in [2.75, 3.05) is 0 Å². The first kappa shape index (κ1) is 16.6. The highest BCUT2D eigenvalue weighted by Gasteiger charge is 2.12. The van der Waals surface area contributed by atoms with E-state index in [2.05, 4.69) is 32.6 Å². The van der Waals surface area contributed by atoms with E-state index in [1.807, 2.05) is 0 Å². The lowest BCUT2D eigenvalue weighted by molar-refractivity contribution is 0.404. The molecule has 0 aliphatic heterocycles. The summed E-state index contributed by atoms with van der Waals surface area (Å²) in [6, 6.07) is 0. The van der Waals surface area contributed by atoms with Crippen LogP contribution in [-0.4, -0.2) is 0 Å². The van der Waals surface area contributed by atoms with E-state index in [9.17, 15) is 0 Å². The van der Waals surface area contributed by atoms with Crippen LogP contribution in [0.1, 0.15) is 91.4 Å². The molecule has 19 heavy (non-hydrogen) atoms. The Bertz CT molecular complexity index is 280. The maximum absolute atomic E-state index is 3.64. The zero-order valence-electron chi connectivity index (χ0n) is 13.5. The van der Waals surface area contributed by atoms with Gasteiger partial charge < -0.3 is 0 Å². The van der Waals surface area contributed by atoms with Gasteiger partial charge in [0.15, 0.2) is 0 Å². The smallest absolute Gasteiger partial charge is 0.0156 e. The Balaban J connectivity index is 2.44. The molecule has 110 valence electrons. The third kappa shape index (κ3) is 7.02. The number of hydrogen-bond donors (Lipinski definition) is 0. The minimum atomic E-state index is 0.755. The van der Waals surface area contributed by atoms with Gasteiger partial charge in [0.25, 0.3) is 0 Å². The summed E-state index contributed by atoms with van der Waals surface area (Å²) in [6.45, 7) is 7.02. The van der Waals surface area contributed by atoms with Crippen LogP contribution in [-0.2, 0) is 0 Å². The first-order chi connectivity index (χ1) is 9.27. The second kappa shape index (κ2) is 10.3. The summed E-state index contributed by atoms with van der Waals surface area (Å²) in [7, 11) is 0. The molecule has 0 nitrogen and oxygen atoms in total. The minimum absolute atomic E-state index is 0.755. The van der Waals surface area contributed by atoms with E-state index >= 15 is 0 Å². The molecule has 0 aromatic rings. The van der Waals surface area contributed by atoms with Gasteiger partial charge in [0.2, 0.25) is 0 Å². The Labute approximate surface area is 121 Å². The Morgan fingerprint density at radius 2 is 2.05 bits per heavy atom. The van der Waals surface area contributed by atoms with Crippen molar-refractivity contribution in [1.29, 1.82) is 0 Å². The van der Waals surface area contributed by atoms with E-state index in [4.69, 9.17) is 0 Å². The Morgan fingerprint density at radius 1 is 1.21 bits per heavy atom. The molecule has 0 heteroatoms. The van der Waals surface area contributed by atoms with Gasteiger partial charge in [0.05, 0.1) is 0 Å². The maximum Gasteiger partial charge on any atom is -0.0156 e. The third-order valence-corrected chi connectivity index (χ3v) is 4.60. The standard InChI is InChI=1S/C19H34/c1-4-6-7-12-17(3)19-15-9-8-13-18(11-5-2)14-10-16-19/h9,17-18H,4-8,10-14,16H2,1-3H3. The fourth-order valence-electron chi connectivity index (χ4n) is 3.28. The quantitative estimate of drug-likeness (QED) is 0.355. The van der Waals surface area contributed by atoms with Gasteiger partial charge in [-0.3, -0.25) is 0 Å². The topological polar surface area (TPSA) is 0 Å². The SMILES string of the molecule is CCCCCC(C)C1=C=CCCC(CCC)CCC1. The maximum atomic E-state index is 3.64. The summed E-state index contributed by atoms with van der Waals surface area (Å²) in [5, 5.41) is 0. The van der Waals surface area contributed by atoms with Gasteiger partial charge in [-0.1, -0.05) is 59.3 Å². The molecule has 0 saturated heterocycles. The van der Waals surface area contributed by atoms with Gasteiger partial charge in [-0.25, -0.2) is 0 Å². The van der Waals surface area contributed by atoms with Crippen molar-refractivity contribution in [2.24, 2.45) is 11.8 Å². The molecular formula is C19H34. The van der Waals surface area contributed by atoms with Crippen molar-refractivity contribution in [3.05, 3.63) is 17.4 Å². The van der Waals surface area contributed by atoms with Crippen molar-refractivity contribution in [3.8, 4) is 0 Å². The van der Waals surface area contributed by atoms with Gasteiger partial charge in [-0.05, 0) is 55.6 Å². The normalized spacial score (nSPS) is 22.3. The number of rotatable bonds is 7. The van der Waals surface area contributed by atoms with Crippen LogP contribution in [0.3, 0.4) is 0 Å². The van der Waals surface area contributed by atoms with Gasteiger partial charge in [0.1, 0.15) is 0 Å². The summed E-state index contributed by atoms with van der Waals surface area (Å²) in [4.78, 5) is 0. The largest absolute Gasteiger partial charge is 0.126 e. The monoisotopic (exact) mass is 262 g/mol. The Kier molecular flexibility index (Phi) is 9.01. The highest BCUT2D eigenvalue weighted by Crippen LogP contribution is 2.27. The summed E-state index contributed by atoms with van der Waals surface area (Å²) in [5.41, 5.74) is 5.25.